The van der Waals surface area contributed by atoms with E-state index in [1.807, 2.05) is 0 Å². The highest BCUT2D eigenvalue weighted by Gasteiger charge is 2.24. The Morgan fingerprint density at radius 2 is 1.97 bits per heavy atom. The third-order valence-corrected chi connectivity index (χ3v) is 5.15. The van der Waals surface area contributed by atoms with Gasteiger partial charge in [0, 0.05) is 21.1 Å². The summed E-state index contributed by atoms with van der Waals surface area (Å²) in [5.74, 6) is 0.0669. The third kappa shape index (κ3) is 4.44. The lowest BCUT2D eigenvalue weighted by Crippen LogP contribution is -2.24. The monoisotopic (exact) mass is 450 g/mol. The first-order valence-electron chi connectivity index (χ1n) is 8.91. The highest BCUT2D eigenvalue weighted by Crippen LogP contribution is 2.32. The number of ether oxygens (including phenoxy) is 1. The third-order valence-electron chi connectivity index (χ3n) is 4.35. The molecule has 0 spiro atoms. The maximum absolute atomic E-state index is 12.7. The van der Waals surface area contributed by atoms with Gasteiger partial charge in [0.2, 0.25) is 0 Å². The van der Waals surface area contributed by atoms with E-state index in [1.54, 1.807) is 52.3 Å². The highest BCUT2D eigenvalue weighted by molar-refractivity contribution is 6.42. The van der Waals surface area contributed by atoms with Gasteiger partial charge in [-0.15, -0.1) is 0 Å². The summed E-state index contributed by atoms with van der Waals surface area (Å²) in [5.41, 5.74) is 1.12. The van der Waals surface area contributed by atoms with E-state index in [9.17, 15) is 9.59 Å². The van der Waals surface area contributed by atoms with Crippen molar-refractivity contribution in [1.29, 1.82) is 0 Å². The van der Waals surface area contributed by atoms with Gasteiger partial charge in [-0.25, -0.2) is 0 Å². The molecule has 0 fully saturated rings. The lowest BCUT2D eigenvalue weighted by atomic mass is 10.2. The van der Waals surface area contributed by atoms with Gasteiger partial charge in [0.15, 0.2) is 11.5 Å². The van der Waals surface area contributed by atoms with Gasteiger partial charge in [-0.2, -0.15) is 5.10 Å². The van der Waals surface area contributed by atoms with Gasteiger partial charge in [-0.1, -0.05) is 29.3 Å². The summed E-state index contributed by atoms with van der Waals surface area (Å²) in [6.07, 6.45) is 0. The largest absolute Gasteiger partial charge is 0.484 e. The van der Waals surface area contributed by atoms with Crippen LogP contribution in [0.25, 0.3) is 0 Å². The molecule has 1 N–H and O–H groups in total. The zero-order chi connectivity index (χ0) is 22.0. The Labute approximate surface area is 183 Å². The second-order valence-corrected chi connectivity index (χ2v) is 7.48. The van der Waals surface area contributed by atoms with Crippen molar-refractivity contribution in [2.45, 2.75) is 13.5 Å². The smallest absolute Gasteiger partial charge is 0.291 e. The number of nitrogens with one attached hydrogen (secondary N) is 1. The van der Waals surface area contributed by atoms with Crippen LogP contribution in [0.1, 0.15) is 32.5 Å². The molecule has 3 rings (SSSR count). The van der Waals surface area contributed by atoms with Crippen molar-refractivity contribution in [2.24, 2.45) is 7.05 Å². The summed E-state index contributed by atoms with van der Waals surface area (Å²) in [4.78, 5) is 26.4. The SMILES string of the molecule is Cc1c(NC(=O)c2ccc(COc3cccc(Cl)c3Cl)o2)c(C(=O)N(C)C)nn1C. The standard InChI is InChI=1S/C20H20Cl2N4O4/c1-11-17(18(24-26(11)4)20(28)25(2)3)23-19(27)15-9-8-12(30-15)10-29-14-7-5-6-13(21)16(14)22/h5-9H,10H2,1-4H3,(H,23,27). The van der Waals surface area contributed by atoms with Crippen LogP contribution < -0.4 is 10.1 Å². The molecule has 0 saturated heterocycles. The number of carbonyl (C=O) groups is 2. The number of carbonyl (C=O) groups excluding carboxylic acids is 2. The van der Waals surface area contributed by atoms with Crippen LogP contribution in [-0.4, -0.2) is 40.6 Å². The maximum Gasteiger partial charge on any atom is 0.291 e. The van der Waals surface area contributed by atoms with E-state index in [4.69, 9.17) is 32.4 Å². The van der Waals surface area contributed by atoms with Gasteiger partial charge in [0.1, 0.15) is 23.1 Å². The van der Waals surface area contributed by atoms with Gasteiger partial charge < -0.3 is 19.4 Å². The average molecular weight is 451 g/mol. The predicted molar refractivity (Wildman–Crippen MR) is 113 cm³/mol. The fraction of sp³-hybridized carbons (Fsp3) is 0.250. The van der Waals surface area contributed by atoms with Crippen LogP contribution in [0.15, 0.2) is 34.7 Å². The van der Waals surface area contributed by atoms with Crippen LogP contribution in [0, 0.1) is 6.92 Å². The van der Waals surface area contributed by atoms with E-state index >= 15 is 0 Å². The number of aryl methyl sites for hydroxylation is 1. The van der Waals surface area contributed by atoms with Gasteiger partial charge >= 0.3 is 0 Å². The number of furan rings is 1. The molecule has 8 nitrogen and oxygen atoms in total. The second kappa shape index (κ2) is 8.81. The summed E-state index contributed by atoms with van der Waals surface area (Å²) in [6, 6.07) is 8.19. The number of nitrogens with zero attached hydrogens (tertiary/aromatic N) is 3. The minimum Gasteiger partial charge on any atom is -0.484 e. The van der Waals surface area contributed by atoms with E-state index in [1.165, 1.54) is 15.6 Å². The molecule has 0 aliphatic carbocycles. The number of rotatable bonds is 6. The van der Waals surface area contributed by atoms with Crippen molar-refractivity contribution in [2.75, 3.05) is 19.4 Å². The van der Waals surface area contributed by atoms with Gasteiger partial charge in [0.25, 0.3) is 11.8 Å². The molecule has 30 heavy (non-hydrogen) atoms. The molecule has 158 valence electrons. The second-order valence-electron chi connectivity index (χ2n) is 6.69. The van der Waals surface area contributed by atoms with E-state index in [2.05, 4.69) is 10.4 Å². The normalized spacial score (nSPS) is 10.7. The van der Waals surface area contributed by atoms with Crippen LogP contribution >= 0.6 is 23.2 Å². The summed E-state index contributed by atoms with van der Waals surface area (Å²) < 4.78 is 12.7. The number of hydrogen-bond donors (Lipinski definition) is 1. The Kier molecular flexibility index (Phi) is 6.38. The molecule has 0 aliphatic heterocycles. The molecule has 2 aromatic heterocycles. The van der Waals surface area contributed by atoms with Gasteiger partial charge in [0.05, 0.1) is 16.4 Å². The van der Waals surface area contributed by atoms with Crippen LogP contribution in [0.3, 0.4) is 0 Å². The minimum absolute atomic E-state index is 0.0592. The topological polar surface area (TPSA) is 89.6 Å². The first-order chi connectivity index (χ1) is 14.2. The minimum atomic E-state index is -0.508. The summed E-state index contributed by atoms with van der Waals surface area (Å²) in [6.45, 7) is 1.81. The zero-order valence-electron chi connectivity index (χ0n) is 16.8. The molecule has 0 bridgehead atoms. The molecular formula is C20H20Cl2N4O4. The molecule has 0 aliphatic rings. The molecule has 2 heterocycles. The van der Waals surface area contributed by atoms with Crippen molar-refractivity contribution in [3.05, 3.63) is 63.3 Å². The number of hydrogen-bond acceptors (Lipinski definition) is 5. The van der Waals surface area contributed by atoms with Crippen LogP contribution in [0.5, 0.6) is 5.75 Å². The molecule has 0 unspecified atom stereocenters. The maximum atomic E-state index is 12.7. The molecular weight excluding hydrogens is 431 g/mol. The predicted octanol–water partition coefficient (Wildman–Crippen LogP) is 4.16. The Balaban J connectivity index is 1.73. The quantitative estimate of drug-likeness (QED) is 0.608. The Bertz CT molecular complexity index is 1100. The fourth-order valence-corrected chi connectivity index (χ4v) is 2.96. The number of anilines is 1. The number of amides is 2. The van der Waals surface area contributed by atoms with Crippen molar-refractivity contribution >= 4 is 40.7 Å². The molecule has 0 atom stereocenters. The van der Waals surface area contributed by atoms with Crippen LogP contribution in [0.4, 0.5) is 5.69 Å². The molecule has 2 amide bonds. The lowest BCUT2D eigenvalue weighted by Gasteiger charge is -2.10. The Hall–Kier alpha value is -2.97. The van der Waals surface area contributed by atoms with E-state index in [0.717, 1.165) is 0 Å². The number of halogens is 2. The fourth-order valence-electron chi connectivity index (χ4n) is 2.62. The Morgan fingerprint density at radius 3 is 2.67 bits per heavy atom. The number of benzene rings is 1. The molecule has 1 aromatic carbocycles. The molecule has 0 saturated carbocycles. The van der Waals surface area contributed by atoms with Crippen molar-refractivity contribution in [1.82, 2.24) is 14.7 Å². The Morgan fingerprint density at radius 1 is 1.23 bits per heavy atom. The van der Waals surface area contributed by atoms with E-state index < -0.39 is 5.91 Å². The van der Waals surface area contributed by atoms with Crippen molar-refractivity contribution in [3.8, 4) is 5.75 Å². The highest BCUT2D eigenvalue weighted by atomic mass is 35.5. The summed E-state index contributed by atoms with van der Waals surface area (Å²) in [5, 5.41) is 7.59. The van der Waals surface area contributed by atoms with Crippen molar-refractivity contribution < 1.29 is 18.7 Å². The van der Waals surface area contributed by atoms with Crippen molar-refractivity contribution in [3.63, 3.8) is 0 Å². The zero-order valence-corrected chi connectivity index (χ0v) is 18.3. The first kappa shape index (κ1) is 21.7. The lowest BCUT2D eigenvalue weighted by molar-refractivity contribution is 0.0822. The molecule has 3 aromatic rings. The van der Waals surface area contributed by atoms with E-state index in [-0.39, 0.29) is 24.0 Å². The van der Waals surface area contributed by atoms with Crippen LogP contribution in [-0.2, 0) is 13.7 Å². The number of aromatic nitrogens is 2. The van der Waals surface area contributed by atoms with E-state index in [0.29, 0.717) is 32.9 Å². The summed E-state index contributed by atoms with van der Waals surface area (Å²) in [7, 11) is 4.92. The summed E-state index contributed by atoms with van der Waals surface area (Å²) >= 11 is 12.1. The average Bonchev–Trinajstić information content (AvgIpc) is 3.29. The van der Waals surface area contributed by atoms with Crippen LogP contribution in [0.2, 0.25) is 10.0 Å². The van der Waals surface area contributed by atoms with Gasteiger partial charge in [-0.05, 0) is 31.2 Å². The first-order valence-corrected chi connectivity index (χ1v) is 9.66. The molecule has 10 heteroatoms. The molecule has 0 radical (unpaired) electrons. The van der Waals surface area contributed by atoms with Gasteiger partial charge in [-0.3, -0.25) is 14.3 Å².